The minimum atomic E-state index is -4.38. The highest BCUT2D eigenvalue weighted by molar-refractivity contribution is 5.95. The predicted molar refractivity (Wildman–Crippen MR) is 99.7 cm³/mol. The van der Waals surface area contributed by atoms with Crippen LogP contribution in [0.25, 0.3) is 0 Å². The van der Waals surface area contributed by atoms with Gasteiger partial charge in [-0.25, -0.2) is 4.79 Å². The molecule has 3 rings (SSSR count). The van der Waals surface area contributed by atoms with Gasteiger partial charge in [0.2, 0.25) is 0 Å². The van der Waals surface area contributed by atoms with Gasteiger partial charge in [-0.1, -0.05) is 13.8 Å². The van der Waals surface area contributed by atoms with Gasteiger partial charge in [-0.15, -0.1) is 0 Å². The van der Waals surface area contributed by atoms with Gasteiger partial charge in [-0.05, 0) is 43.5 Å². The lowest BCUT2D eigenvalue weighted by molar-refractivity contribution is -0.153. The van der Waals surface area contributed by atoms with Gasteiger partial charge >= 0.3 is 12.2 Å². The molecular weight excluding hydrogens is 373 g/mol. The molecule has 0 aliphatic carbocycles. The van der Waals surface area contributed by atoms with Crippen LogP contribution in [0.4, 0.5) is 23.7 Å². The maximum Gasteiger partial charge on any atom is 0.422 e. The summed E-state index contributed by atoms with van der Waals surface area (Å²) in [7, 11) is 0. The van der Waals surface area contributed by atoms with Crippen molar-refractivity contribution in [1.29, 1.82) is 0 Å². The third-order valence-corrected chi connectivity index (χ3v) is 5.27. The molecule has 0 radical (unpaired) electrons. The van der Waals surface area contributed by atoms with E-state index in [9.17, 15) is 18.0 Å². The fraction of sp³-hybridized carbons (Fsp3) is 0.650. The van der Waals surface area contributed by atoms with E-state index < -0.39 is 12.8 Å². The number of urea groups is 1. The number of halogens is 3. The Hall–Kier alpha value is -1.96. The molecule has 2 saturated heterocycles. The average Bonchev–Trinajstić information content (AvgIpc) is 3.05. The molecule has 156 valence electrons. The Balaban J connectivity index is 1.59. The number of anilines is 1. The number of ether oxygens (including phenoxy) is 2. The van der Waals surface area contributed by atoms with Crippen molar-refractivity contribution in [3.8, 4) is 5.75 Å². The molecule has 2 atom stereocenters. The molecule has 5 nitrogen and oxygen atoms in total. The summed E-state index contributed by atoms with van der Waals surface area (Å²) < 4.78 is 47.4. The zero-order valence-corrected chi connectivity index (χ0v) is 16.5. The number of amides is 2. The summed E-state index contributed by atoms with van der Waals surface area (Å²) in [5.74, 6) is 0.704. The molecular formula is C20H27F3N2O3. The molecule has 2 amide bonds. The summed E-state index contributed by atoms with van der Waals surface area (Å²) in [6, 6.07) is 6.05. The fourth-order valence-corrected chi connectivity index (χ4v) is 3.77. The molecule has 2 fully saturated rings. The zero-order valence-electron chi connectivity index (χ0n) is 16.5. The van der Waals surface area contributed by atoms with Gasteiger partial charge in [0, 0.05) is 25.3 Å². The second-order valence-corrected chi connectivity index (χ2v) is 8.25. The third kappa shape index (κ3) is 4.71. The number of hydrogen-bond donors (Lipinski definition) is 0. The first-order valence-corrected chi connectivity index (χ1v) is 9.58. The second kappa shape index (κ2) is 7.81. The van der Waals surface area contributed by atoms with Gasteiger partial charge in [0.15, 0.2) is 6.61 Å². The predicted octanol–water partition coefficient (Wildman–Crippen LogP) is 4.46. The molecule has 2 heterocycles. The summed E-state index contributed by atoms with van der Waals surface area (Å²) in [6.45, 7) is 6.81. The van der Waals surface area contributed by atoms with Crippen LogP contribution in [-0.4, -0.2) is 55.1 Å². The van der Waals surface area contributed by atoms with Crippen LogP contribution in [0.2, 0.25) is 0 Å². The van der Waals surface area contributed by atoms with Gasteiger partial charge in [-0.3, -0.25) is 4.90 Å². The summed E-state index contributed by atoms with van der Waals surface area (Å²) in [4.78, 5) is 16.4. The molecule has 2 aliphatic heterocycles. The molecule has 0 unspecified atom stereocenters. The van der Waals surface area contributed by atoms with Crippen LogP contribution in [0.3, 0.4) is 0 Å². The molecule has 0 saturated carbocycles. The highest BCUT2D eigenvalue weighted by atomic mass is 19.4. The van der Waals surface area contributed by atoms with E-state index in [4.69, 9.17) is 9.47 Å². The monoisotopic (exact) mass is 400 g/mol. The van der Waals surface area contributed by atoms with Crippen LogP contribution in [-0.2, 0) is 4.74 Å². The molecule has 0 spiro atoms. The quantitative estimate of drug-likeness (QED) is 0.679. The lowest BCUT2D eigenvalue weighted by Gasteiger charge is -2.24. The SMILES string of the molecule is CC(C)CCO[C@@H]1CN2C(=O)N(c3ccc(OCC(F)(F)F)cc3)C[C@@]2(C)C1. The van der Waals surface area contributed by atoms with Gasteiger partial charge in [-0.2, -0.15) is 13.2 Å². The summed E-state index contributed by atoms with van der Waals surface area (Å²) in [5, 5.41) is 0. The number of carbonyl (C=O) groups is 1. The van der Waals surface area contributed by atoms with Crippen LogP contribution in [0.1, 0.15) is 33.6 Å². The first-order valence-electron chi connectivity index (χ1n) is 9.58. The van der Waals surface area contributed by atoms with Crippen molar-refractivity contribution in [2.24, 2.45) is 5.92 Å². The van der Waals surface area contributed by atoms with Gasteiger partial charge in [0.25, 0.3) is 0 Å². The molecule has 8 heteroatoms. The van der Waals surface area contributed by atoms with E-state index in [0.717, 1.165) is 12.8 Å². The van der Waals surface area contributed by atoms with Crippen molar-refractivity contribution in [2.75, 3.05) is 31.2 Å². The number of nitrogens with zero attached hydrogens (tertiary/aromatic N) is 2. The minimum absolute atomic E-state index is 0.0491. The van der Waals surface area contributed by atoms with Crippen molar-refractivity contribution >= 4 is 11.7 Å². The molecule has 0 bridgehead atoms. The van der Waals surface area contributed by atoms with E-state index in [0.29, 0.717) is 31.3 Å². The van der Waals surface area contributed by atoms with E-state index in [1.807, 2.05) is 4.90 Å². The first kappa shape index (κ1) is 20.8. The van der Waals surface area contributed by atoms with E-state index in [2.05, 4.69) is 20.8 Å². The van der Waals surface area contributed by atoms with Crippen LogP contribution in [0.15, 0.2) is 24.3 Å². The van der Waals surface area contributed by atoms with Crippen molar-refractivity contribution in [3.63, 3.8) is 0 Å². The number of hydrogen-bond acceptors (Lipinski definition) is 3. The van der Waals surface area contributed by atoms with Crippen molar-refractivity contribution in [1.82, 2.24) is 4.90 Å². The maximum atomic E-state index is 12.9. The zero-order chi connectivity index (χ0) is 20.5. The van der Waals surface area contributed by atoms with E-state index in [1.165, 1.54) is 12.1 Å². The lowest BCUT2D eigenvalue weighted by atomic mass is 9.99. The standard InChI is InChI=1S/C20H27F3N2O3/c1-14(2)8-9-27-17-10-19(3)12-24(18(26)25(19)11-17)15-4-6-16(7-5-15)28-13-20(21,22)23/h4-7,14,17H,8-13H2,1-3H3/t17-,19+/m0/s1. The average molecular weight is 400 g/mol. The number of rotatable bonds is 7. The minimum Gasteiger partial charge on any atom is -0.484 e. The summed E-state index contributed by atoms with van der Waals surface area (Å²) in [6.07, 6.45) is -2.56. The van der Waals surface area contributed by atoms with Gasteiger partial charge in [0.1, 0.15) is 5.75 Å². The first-order chi connectivity index (χ1) is 13.1. The van der Waals surface area contributed by atoms with E-state index in [-0.39, 0.29) is 23.4 Å². The van der Waals surface area contributed by atoms with Gasteiger partial charge in [0.05, 0.1) is 18.2 Å². The van der Waals surface area contributed by atoms with Gasteiger partial charge < -0.3 is 14.4 Å². The number of fused-ring (bicyclic) bond motifs is 1. The number of benzene rings is 1. The Bertz CT molecular complexity index is 693. The Labute approximate surface area is 163 Å². The highest BCUT2D eigenvalue weighted by Gasteiger charge is 2.53. The van der Waals surface area contributed by atoms with Crippen molar-refractivity contribution in [3.05, 3.63) is 24.3 Å². The maximum absolute atomic E-state index is 12.9. The van der Waals surface area contributed by atoms with Crippen LogP contribution >= 0.6 is 0 Å². The van der Waals surface area contributed by atoms with Crippen LogP contribution < -0.4 is 9.64 Å². The lowest BCUT2D eigenvalue weighted by Crippen LogP contribution is -2.38. The third-order valence-electron chi connectivity index (χ3n) is 5.27. The number of alkyl halides is 3. The molecule has 1 aromatic rings. The van der Waals surface area contributed by atoms with Crippen molar-refractivity contribution < 1.29 is 27.4 Å². The summed E-state index contributed by atoms with van der Waals surface area (Å²) in [5.41, 5.74) is 0.350. The van der Waals surface area contributed by atoms with E-state index >= 15 is 0 Å². The molecule has 0 N–H and O–H groups in total. The Morgan fingerprint density at radius 3 is 2.50 bits per heavy atom. The Morgan fingerprint density at radius 2 is 1.93 bits per heavy atom. The molecule has 1 aromatic carbocycles. The number of carbonyl (C=O) groups excluding carboxylic acids is 1. The van der Waals surface area contributed by atoms with E-state index in [1.54, 1.807) is 17.0 Å². The molecule has 28 heavy (non-hydrogen) atoms. The topological polar surface area (TPSA) is 42.0 Å². The largest absolute Gasteiger partial charge is 0.484 e. The normalized spacial score (nSPS) is 25.0. The smallest absolute Gasteiger partial charge is 0.422 e. The molecule has 2 aliphatic rings. The van der Waals surface area contributed by atoms with Crippen LogP contribution in [0, 0.1) is 5.92 Å². The Kier molecular flexibility index (Phi) is 5.79. The highest BCUT2D eigenvalue weighted by Crippen LogP contribution is 2.39. The van der Waals surface area contributed by atoms with Crippen molar-refractivity contribution in [2.45, 2.75) is 51.4 Å². The summed E-state index contributed by atoms with van der Waals surface area (Å²) >= 11 is 0. The molecule has 0 aromatic heterocycles. The fourth-order valence-electron chi connectivity index (χ4n) is 3.77. The van der Waals surface area contributed by atoms with Crippen LogP contribution in [0.5, 0.6) is 5.75 Å². The Morgan fingerprint density at radius 1 is 1.25 bits per heavy atom. The second-order valence-electron chi connectivity index (χ2n) is 8.25.